The van der Waals surface area contributed by atoms with Crippen molar-refractivity contribution in [2.75, 3.05) is 20.7 Å². The van der Waals surface area contributed by atoms with E-state index in [0.717, 1.165) is 0 Å². The summed E-state index contributed by atoms with van der Waals surface area (Å²) in [6.45, 7) is 0.0223. The monoisotopic (exact) mass is 238 g/mol. The molecule has 1 aromatic carbocycles. The largest absolute Gasteiger partial charge is 0.496 e. The smallest absolute Gasteiger partial charge is 0.258 e. The van der Waals surface area contributed by atoms with E-state index in [0.29, 0.717) is 16.3 Å². The van der Waals surface area contributed by atoms with Crippen molar-refractivity contribution in [3.63, 3.8) is 0 Å². The molecule has 0 saturated heterocycles. The fourth-order valence-electron chi connectivity index (χ4n) is 1.23. The third-order valence-corrected chi connectivity index (χ3v) is 2.28. The molecule has 0 aliphatic heterocycles. The van der Waals surface area contributed by atoms with Crippen molar-refractivity contribution >= 4 is 17.5 Å². The second-order valence-electron chi connectivity index (χ2n) is 3.16. The standard InChI is InChI=1S/C11H11ClN2O2/c1-14(6-5-13)11(15)9-7-8(12)3-4-10(9)16-2/h3-4,7H,6H2,1-2H3. The van der Waals surface area contributed by atoms with E-state index in [-0.39, 0.29) is 12.5 Å². The van der Waals surface area contributed by atoms with Crippen molar-refractivity contribution in [1.29, 1.82) is 5.26 Å². The van der Waals surface area contributed by atoms with E-state index in [9.17, 15) is 4.79 Å². The molecule has 0 saturated carbocycles. The molecule has 0 fully saturated rings. The van der Waals surface area contributed by atoms with Gasteiger partial charge >= 0.3 is 0 Å². The molecule has 4 nitrogen and oxygen atoms in total. The van der Waals surface area contributed by atoms with Gasteiger partial charge in [-0.2, -0.15) is 5.26 Å². The first-order valence-electron chi connectivity index (χ1n) is 4.56. The normalized spacial score (nSPS) is 9.38. The first kappa shape index (κ1) is 12.3. The Morgan fingerprint density at radius 1 is 1.62 bits per heavy atom. The molecule has 0 bridgehead atoms. The number of benzene rings is 1. The van der Waals surface area contributed by atoms with Crippen molar-refractivity contribution in [3.05, 3.63) is 28.8 Å². The van der Waals surface area contributed by atoms with E-state index in [1.807, 2.05) is 6.07 Å². The van der Waals surface area contributed by atoms with E-state index in [4.69, 9.17) is 21.6 Å². The van der Waals surface area contributed by atoms with Crippen LogP contribution in [-0.4, -0.2) is 31.5 Å². The van der Waals surface area contributed by atoms with Crippen LogP contribution < -0.4 is 4.74 Å². The average Bonchev–Trinajstić information content (AvgIpc) is 2.28. The highest BCUT2D eigenvalue weighted by Gasteiger charge is 2.16. The summed E-state index contributed by atoms with van der Waals surface area (Å²) in [7, 11) is 3.02. The van der Waals surface area contributed by atoms with Gasteiger partial charge in [0.2, 0.25) is 0 Å². The Hall–Kier alpha value is -1.73. The summed E-state index contributed by atoms with van der Waals surface area (Å²) in [6.07, 6.45) is 0. The van der Waals surface area contributed by atoms with Gasteiger partial charge in [0.25, 0.3) is 5.91 Å². The molecule has 1 rings (SSSR count). The number of hydrogen-bond acceptors (Lipinski definition) is 3. The van der Waals surface area contributed by atoms with Gasteiger partial charge in [-0.25, -0.2) is 0 Å². The minimum Gasteiger partial charge on any atom is -0.496 e. The molecule has 0 unspecified atom stereocenters. The molecular weight excluding hydrogens is 228 g/mol. The minimum atomic E-state index is -0.291. The zero-order chi connectivity index (χ0) is 12.1. The van der Waals surface area contributed by atoms with E-state index in [2.05, 4.69) is 0 Å². The molecule has 0 aliphatic rings. The highest BCUT2D eigenvalue weighted by Crippen LogP contribution is 2.23. The van der Waals surface area contributed by atoms with E-state index in [1.165, 1.54) is 18.1 Å². The van der Waals surface area contributed by atoms with Crippen molar-refractivity contribution in [2.24, 2.45) is 0 Å². The molecule has 84 valence electrons. The van der Waals surface area contributed by atoms with Crippen molar-refractivity contribution in [2.45, 2.75) is 0 Å². The molecule has 0 radical (unpaired) electrons. The predicted octanol–water partition coefficient (Wildman–Crippen LogP) is 1.94. The predicted molar refractivity (Wildman–Crippen MR) is 60.6 cm³/mol. The topological polar surface area (TPSA) is 53.3 Å². The summed E-state index contributed by atoms with van der Waals surface area (Å²) in [4.78, 5) is 13.2. The Kier molecular flexibility index (Phi) is 4.15. The van der Waals surface area contributed by atoms with Gasteiger partial charge in [0.15, 0.2) is 0 Å². The summed E-state index contributed by atoms with van der Waals surface area (Å²) in [5.74, 6) is 0.153. The molecule has 0 spiro atoms. The number of carbonyl (C=O) groups is 1. The molecule has 5 heteroatoms. The minimum absolute atomic E-state index is 0.0223. The van der Waals surface area contributed by atoms with Gasteiger partial charge in [0, 0.05) is 12.1 Å². The highest BCUT2D eigenvalue weighted by molar-refractivity contribution is 6.31. The van der Waals surface area contributed by atoms with Crippen LogP contribution in [0.3, 0.4) is 0 Å². The molecule has 0 heterocycles. The SMILES string of the molecule is COc1ccc(Cl)cc1C(=O)N(C)CC#N. The number of rotatable bonds is 3. The van der Waals surface area contributed by atoms with Crippen LogP contribution in [-0.2, 0) is 0 Å². The summed E-state index contributed by atoms with van der Waals surface area (Å²) in [6, 6.07) is 6.69. The average molecular weight is 239 g/mol. The van der Waals surface area contributed by atoms with Crippen LogP contribution in [0.4, 0.5) is 0 Å². The molecule has 0 atom stereocenters. The Morgan fingerprint density at radius 2 is 2.31 bits per heavy atom. The third kappa shape index (κ3) is 2.65. The van der Waals surface area contributed by atoms with E-state index in [1.54, 1.807) is 19.2 Å². The third-order valence-electron chi connectivity index (χ3n) is 2.05. The number of methoxy groups -OCH3 is 1. The van der Waals surface area contributed by atoms with Crippen molar-refractivity contribution < 1.29 is 9.53 Å². The number of ether oxygens (including phenoxy) is 1. The first-order chi connectivity index (χ1) is 7.60. The molecular formula is C11H11ClN2O2. The highest BCUT2D eigenvalue weighted by atomic mass is 35.5. The van der Waals surface area contributed by atoms with Crippen LogP contribution in [0.2, 0.25) is 5.02 Å². The van der Waals surface area contributed by atoms with Gasteiger partial charge in [-0.15, -0.1) is 0 Å². The fraction of sp³-hybridized carbons (Fsp3) is 0.273. The van der Waals surface area contributed by atoms with E-state index >= 15 is 0 Å². The van der Waals surface area contributed by atoms with Crippen molar-refractivity contribution in [1.82, 2.24) is 4.90 Å². The maximum absolute atomic E-state index is 11.9. The maximum atomic E-state index is 11.9. The number of hydrogen-bond donors (Lipinski definition) is 0. The van der Waals surface area contributed by atoms with Crippen LogP contribution in [0, 0.1) is 11.3 Å². The quantitative estimate of drug-likeness (QED) is 0.757. The first-order valence-corrected chi connectivity index (χ1v) is 4.94. The van der Waals surface area contributed by atoms with Gasteiger partial charge in [-0.3, -0.25) is 4.79 Å². The Balaban J connectivity index is 3.07. The molecule has 0 aliphatic carbocycles. The fourth-order valence-corrected chi connectivity index (χ4v) is 1.40. The van der Waals surface area contributed by atoms with Crippen LogP contribution in [0.5, 0.6) is 5.75 Å². The number of nitrogens with zero attached hydrogens (tertiary/aromatic N) is 2. The number of halogens is 1. The second-order valence-corrected chi connectivity index (χ2v) is 3.60. The Bertz CT molecular complexity index is 440. The summed E-state index contributed by atoms with van der Waals surface area (Å²) in [5, 5.41) is 8.97. The molecule has 16 heavy (non-hydrogen) atoms. The zero-order valence-corrected chi connectivity index (χ0v) is 9.78. The molecule has 0 aromatic heterocycles. The van der Waals surface area contributed by atoms with Crippen molar-refractivity contribution in [3.8, 4) is 11.8 Å². The second kappa shape index (κ2) is 5.38. The lowest BCUT2D eigenvalue weighted by Gasteiger charge is -2.15. The molecule has 1 amide bonds. The van der Waals surface area contributed by atoms with Crippen LogP contribution in [0.1, 0.15) is 10.4 Å². The van der Waals surface area contributed by atoms with Gasteiger partial charge in [-0.05, 0) is 18.2 Å². The number of amides is 1. The number of nitriles is 1. The lowest BCUT2D eigenvalue weighted by atomic mass is 10.2. The Morgan fingerprint density at radius 3 is 2.88 bits per heavy atom. The summed E-state index contributed by atoms with van der Waals surface area (Å²) < 4.78 is 5.06. The van der Waals surface area contributed by atoms with Crippen LogP contribution in [0.25, 0.3) is 0 Å². The van der Waals surface area contributed by atoms with Crippen LogP contribution in [0.15, 0.2) is 18.2 Å². The molecule has 0 N–H and O–H groups in total. The molecule has 1 aromatic rings. The lowest BCUT2D eigenvalue weighted by molar-refractivity contribution is 0.0808. The maximum Gasteiger partial charge on any atom is 0.258 e. The lowest BCUT2D eigenvalue weighted by Crippen LogP contribution is -2.27. The zero-order valence-electron chi connectivity index (χ0n) is 9.03. The Labute approximate surface area is 99.0 Å². The summed E-state index contributed by atoms with van der Waals surface area (Å²) in [5.41, 5.74) is 0.354. The number of carbonyl (C=O) groups excluding carboxylic acids is 1. The van der Waals surface area contributed by atoms with Gasteiger partial charge < -0.3 is 9.64 Å². The van der Waals surface area contributed by atoms with E-state index < -0.39 is 0 Å². The van der Waals surface area contributed by atoms with Gasteiger partial charge in [0.05, 0.1) is 18.7 Å². The van der Waals surface area contributed by atoms with Crippen LogP contribution >= 0.6 is 11.6 Å². The van der Waals surface area contributed by atoms with Gasteiger partial charge in [0.1, 0.15) is 12.3 Å². The van der Waals surface area contributed by atoms with Gasteiger partial charge in [-0.1, -0.05) is 11.6 Å². The summed E-state index contributed by atoms with van der Waals surface area (Å²) >= 11 is 5.81.